The Morgan fingerprint density at radius 1 is 1.69 bits per heavy atom. The van der Waals surface area contributed by atoms with Crippen LogP contribution in [0.4, 0.5) is 4.39 Å². The SMILES string of the molecule is O=c1ncc(F)cn1C1C[C@H](O)[C@@H](CO)O1. The molecule has 1 aliphatic heterocycles. The summed E-state index contributed by atoms with van der Waals surface area (Å²) in [7, 11) is 0. The summed E-state index contributed by atoms with van der Waals surface area (Å²) in [4.78, 5) is 14.6. The van der Waals surface area contributed by atoms with Crippen LogP contribution in [-0.2, 0) is 4.74 Å². The van der Waals surface area contributed by atoms with Gasteiger partial charge in [-0.2, -0.15) is 4.98 Å². The second-order valence-corrected chi connectivity index (χ2v) is 3.58. The number of rotatable bonds is 2. The molecule has 0 amide bonds. The highest BCUT2D eigenvalue weighted by Gasteiger charge is 2.34. The Morgan fingerprint density at radius 3 is 3.06 bits per heavy atom. The zero-order valence-electron chi connectivity index (χ0n) is 8.28. The minimum Gasteiger partial charge on any atom is -0.394 e. The summed E-state index contributed by atoms with van der Waals surface area (Å²) >= 11 is 0. The number of ether oxygens (including phenoxy) is 1. The Morgan fingerprint density at radius 2 is 2.44 bits per heavy atom. The topological polar surface area (TPSA) is 84.6 Å². The van der Waals surface area contributed by atoms with Gasteiger partial charge in [-0.05, 0) is 0 Å². The first kappa shape index (κ1) is 11.2. The van der Waals surface area contributed by atoms with E-state index in [4.69, 9.17) is 9.84 Å². The van der Waals surface area contributed by atoms with Gasteiger partial charge in [-0.3, -0.25) is 4.57 Å². The van der Waals surface area contributed by atoms with Crippen molar-refractivity contribution >= 4 is 0 Å². The first-order valence-electron chi connectivity index (χ1n) is 4.80. The van der Waals surface area contributed by atoms with E-state index in [1.807, 2.05) is 0 Å². The molecule has 1 aliphatic rings. The van der Waals surface area contributed by atoms with Crippen LogP contribution < -0.4 is 5.69 Å². The maximum Gasteiger partial charge on any atom is 0.349 e. The molecule has 1 saturated heterocycles. The van der Waals surface area contributed by atoms with Gasteiger partial charge in [-0.1, -0.05) is 0 Å². The Bertz CT molecular complexity index is 436. The minimum atomic E-state index is -0.870. The van der Waals surface area contributed by atoms with E-state index in [0.29, 0.717) is 0 Å². The summed E-state index contributed by atoms with van der Waals surface area (Å²) in [6.07, 6.45) is -0.510. The zero-order valence-corrected chi connectivity index (χ0v) is 8.28. The van der Waals surface area contributed by atoms with Gasteiger partial charge >= 0.3 is 5.69 Å². The van der Waals surface area contributed by atoms with Crippen LogP contribution in [0.2, 0.25) is 0 Å². The molecule has 16 heavy (non-hydrogen) atoms. The molecule has 1 unspecified atom stereocenters. The zero-order chi connectivity index (χ0) is 11.7. The van der Waals surface area contributed by atoms with Gasteiger partial charge in [0.15, 0.2) is 5.82 Å². The van der Waals surface area contributed by atoms with Gasteiger partial charge in [-0.25, -0.2) is 9.18 Å². The van der Waals surface area contributed by atoms with Crippen LogP contribution in [0.1, 0.15) is 12.6 Å². The molecule has 7 heteroatoms. The lowest BCUT2D eigenvalue weighted by Crippen LogP contribution is -2.27. The molecular weight excluding hydrogens is 219 g/mol. The van der Waals surface area contributed by atoms with Gasteiger partial charge in [0.25, 0.3) is 0 Å². The highest BCUT2D eigenvalue weighted by molar-refractivity contribution is 4.90. The van der Waals surface area contributed by atoms with Crippen molar-refractivity contribution in [3.8, 4) is 0 Å². The fourth-order valence-electron chi connectivity index (χ4n) is 1.66. The summed E-state index contributed by atoms with van der Waals surface area (Å²) in [5.41, 5.74) is -0.655. The maximum atomic E-state index is 12.9. The number of aliphatic hydroxyl groups is 2. The molecule has 0 radical (unpaired) electrons. The third-order valence-corrected chi connectivity index (χ3v) is 2.48. The molecule has 2 rings (SSSR count). The number of aliphatic hydroxyl groups excluding tert-OH is 2. The Balaban J connectivity index is 2.26. The Kier molecular flexibility index (Phi) is 2.99. The van der Waals surface area contributed by atoms with Gasteiger partial charge < -0.3 is 14.9 Å². The second kappa shape index (κ2) is 4.28. The highest BCUT2D eigenvalue weighted by atomic mass is 19.1. The standard InChI is InChI=1S/C9H11FN2O4/c10-5-2-11-9(15)12(3-5)8-1-6(14)7(4-13)16-8/h2-3,6-8,13-14H,1,4H2/t6-,7+,8?/m0/s1. The van der Waals surface area contributed by atoms with Crippen LogP contribution in [0.3, 0.4) is 0 Å². The molecule has 0 aliphatic carbocycles. The molecule has 0 bridgehead atoms. The van der Waals surface area contributed by atoms with Gasteiger partial charge in [0.1, 0.15) is 12.3 Å². The van der Waals surface area contributed by atoms with Crippen LogP contribution in [0.15, 0.2) is 17.2 Å². The van der Waals surface area contributed by atoms with E-state index >= 15 is 0 Å². The van der Waals surface area contributed by atoms with Gasteiger partial charge in [0.2, 0.25) is 0 Å². The number of nitrogens with zero attached hydrogens (tertiary/aromatic N) is 2. The third kappa shape index (κ3) is 1.97. The second-order valence-electron chi connectivity index (χ2n) is 3.58. The van der Waals surface area contributed by atoms with Gasteiger partial charge in [0, 0.05) is 12.6 Å². The number of hydrogen-bond acceptors (Lipinski definition) is 5. The minimum absolute atomic E-state index is 0.121. The number of halogens is 1. The van der Waals surface area contributed by atoms with Crippen LogP contribution in [-0.4, -0.2) is 38.6 Å². The lowest BCUT2D eigenvalue weighted by atomic mass is 10.2. The average Bonchev–Trinajstić information content (AvgIpc) is 2.63. The summed E-state index contributed by atoms with van der Waals surface area (Å²) in [5.74, 6) is -0.662. The molecule has 88 valence electrons. The quantitative estimate of drug-likeness (QED) is 0.682. The smallest absolute Gasteiger partial charge is 0.349 e. The van der Waals surface area contributed by atoms with Crippen LogP contribution >= 0.6 is 0 Å². The first-order valence-corrected chi connectivity index (χ1v) is 4.80. The van der Waals surface area contributed by atoms with E-state index in [2.05, 4.69) is 4.98 Å². The summed E-state index contributed by atoms with van der Waals surface area (Å²) < 4.78 is 19.1. The molecule has 2 N–H and O–H groups in total. The third-order valence-electron chi connectivity index (χ3n) is 2.48. The van der Waals surface area contributed by atoms with Crippen molar-refractivity contribution in [2.75, 3.05) is 6.61 Å². The molecular formula is C9H11FN2O4. The van der Waals surface area contributed by atoms with Crippen LogP contribution in [0.25, 0.3) is 0 Å². The molecule has 0 spiro atoms. The monoisotopic (exact) mass is 230 g/mol. The number of aromatic nitrogens is 2. The van der Waals surface area contributed by atoms with E-state index in [-0.39, 0.29) is 13.0 Å². The molecule has 0 saturated carbocycles. The lowest BCUT2D eigenvalue weighted by molar-refractivity contribution is -0.0461. The van der Waals surface area contributed by atoms with Crippen molar-refractivity contribution in [1.82, 2.24) is 9.55 Å². The average molecular weight is 230 g/mol. The van der Waals surface area contributed by atoms with Crippen molar-refractivity contribution in [2.24, 2.45) is 0 Å². The Labute approximate surface area is 89.9 Å². The van der Waals surface area contributed by atoms with Crippen molar-refractivity contribution in [3.05, 3.63) is 28.7 Å². The van der Waals surface area contributed by atoms with Crippen molar-refractivity contribution in [1.29, 1.82) is 0 Å². The summed E-state index contributed by atoms with van der Waals surface area (Å²) in [6.45, 7) is -0.352. The fraction of sp³-hybridized carbons (Fsp3) is 0.556. The van der Waals surface area contributed by atoms with E-state index in [1.54, 1.807) is 0 Å². The van der Waals surface area contributed by atoms with E-state index in [1.165, 1.54) is 0 Å². The van der Waals surface area contributed by atoms with E-state index < -0.39 is 29.9 Å². The van der Waals surface area contributed by atoms with Crippen molar-refractivity contribution in [2.45, 2.75) is 24.9 Å². The van der Waals surface area contributed by atoms with Crippen molar-refractivity contribution in [3.63, 3.8) is 0 Å². The van der Waals surface area contributed by atoms with Crippen LogP contribution in [0, 0.1) is 5.82 Å². The first-order chi connectivity index (χ1) is 7.61. The van der Waals surface area contributed by atoms with E-state index in [0.717, 1.165) is 17.0 Å². The molecule has 0 aromatic carbocycles. The van der Waals surface area contributed by atoms with Gasteiger partial charge in [-0.15, -0.1) is 0 Å². The lowest BCUT2D eigenvalue weighted by Gasteiger charge is -2.13. The molecule has 1 fully saturated rings. The normalized spacial score (nSPS) is 29.6. The largest absolute Gasteiger partial charge is 0.394 e. The number of hydrogen-bond donors (Lipinski definition) is 2. The molecule has 3 atom stereocenters. The highest BCUT2D eigenvalue weighted by Crippen LogP contribution is 2.27. The maximum absolute atomic E-state index is 12.9. The predicted octanol–water partition coefficient (Wildman–Crippen LogP) is -0.977. The van der Waals surface area contributed by atoms with Gasteiger partial charge in [0.05, 0.1) is 18.9 Å². The van der Waals surface area contributed by atoms with E-state index in [9.17, 15) is 14.3 Å². The Hall–Kier alpha value is -1.31. The summed E-state index contributed by atoms with van der Waals surface area (Å²) in [5, 5.41) is 18.3. The van der Waals surface area contributed by atoms with Crippen LogP contribution in [0.5, 0.6) is 0 Å². The predicted molar refractivity (Wildman–Crippen MR) is 50.1 cm³/mol. The summed E-state index contributed by atoms with van der Waals surface area (Å²) in [6, 6.07) is 0. The fourth-order valence-corrected chi connectivity index (χ4v) is 1.66. The molecule has 1 aromatic rings. The molecule has 6 nitrogen and oxygen atoms in total. The van der Waals surface area contributed by atoms with Crippen molar-refractivity contribution < 1.29 is 19.3 Å². The molecule has 1 aromatic heterocycles. The molecule has 2 heterocycles.